The Bertz CT molecular complexity index is 471. The number of pyridine rings is 1. The van der Waals surface area contributed by atoms with Gasteiger partial charge in [-0.3, -0.25) is 9.78 Å². The summed E-state index contributed by atoms with van der Waals surface area (Å²) >= 11 is 0. The fraction of sp³-hybridized carbons (Fsp3) is 0.625. The molecule has 3 nitrogen and oxygen atoms in total. The Hall–Kier alpha value is -1.38. The van der Waals surface area contributed by atoms with Crippen molar-refractivity contribution >= 4 is 5.97 Å². The molecular weight excluding hydrogens is 238 g/mol. The summed E-state index contributed by atoms with van der Waals surface area (Å²) in [6.07, 6.45) is 7.00. The normalized spacial score (nSPS) is 33.3. The molecule has 102 valence electrons. The molecule has 19 heavy (non-hydrogen) atoms. The second kappa shape index (κ2) is 4.95. The molecule has 3 heteroatoms. The van der Waals surface area contributed by atoms with Crippen molar-refractivity contribution in [1.82, 2.24) is 4.98 Å². The fourth-order valence-corrected chi connectivity index (χ4v) is 4.25. The van der Waals surface area contributed by atoms with E-state index in [0.29, 0.717) is 18.3 Å². The number of nitrogens with zero attached hydrogens (tertiary/aromatic N) is 1. The lowest BCUT2D eigenvalue weighted by atomic mass is 9.92. The molecule has 3 rings (SSSR count). The average Bonchev–Trinajstić information content (AvgIpc) is 2.85. The van der Waals surface area contributed by atoms with Crippen molar-refractivity contribution in [1.29, 1.82) is 0 Å². The summed E-state index contributed by atoms with van der Waals surface area (Å²) in [5, 5.41) is 8.89. The Morgan fingerprint density at radius 3 is 2.58 bits per heavy atom. The van der Waals surface area contributed by atoms with Gasteiger partial charge < -0.3 is 5.11 Å². The van der Waals surface area contributed by atoms with E-state index in [1.54, 1.807) is 0 Å². The zero-order valence-corrected chi connectivity index (χ0v) is 11.4. The molecule has 2 saturated carbocycles. The van der Waals surface area contributed by atoms with E-state index in [2.05, 4.69) is 17.1 Å². The van der Waals surface area contributed by atoms with Crippen molar-refractivity contribution in [2.45, 2.75) is 44.9 Å². The highest BCUT2D eigenvalue weighted by Crippen LogP contribution is 2.53. The van der Waals surface area contributed by atoms with Gasteiger partial charge in [0.2, 0.25) is 0 Å². The van der Waals surface area contributed by atoms with Crippen LogP contribution in [0.1, 0.15) is 49.3 Å². The third-order valence-corrected chi connectivity index (χ3v) is 4.97. The molecule has 1 aromatic rings. The fourth-order valence-electron chi connectivity index (χ4n) is 4.25. The van der Waals surface area contributed by atoms with Gasteiger partial charge in [-0.2, -0.15) is 0 Å². The Morgan fingerprint density at radius 2 is 2.00 bits per heavy atom. The standard InChI is InChI=1S/C16H21NO2/c1-10-4-12(2-3-17-10)15-8-13-5-11(7-16(18)19)6-14(13)9-15/h2-4,11,13-15H,5-9H2,1H3,(H,18,19)/t11?,13-,14+,15?. The van der Waals surface area contributed by atoms with Crippen LogP contribution in [0.4, 0.5) is 0 Å². The van der Waals surface area contributed by atoms with Crippen LogP contribution in [0.2, 0.25) is 0 Å². The maximum Gasteiger partial charge on any atom is 0.303 e. The summed E-state index contributed by atoms with van der Waals surface area (Å²) in [6.45, 7) is 2.04. The molecule has 0 aliphatic heterocycles. The average molecular weight is 259 g/mol. The number of aromatic nitrogens is 1. The highest BCUT2D eigenvalue weighted by molar-refractivity contribution is 5.67. The van der Waals surface area contributed by atoms with Crippen molar-refractivity contribution in [2.24, 2.45) is 17.8 Å². The molecule has 0 saturated heterocycles. The van der Waals surface area contributed by atoms with Crippen molar-refractivity contribution in [3.8, 4) is 0 Å². The number of carboxylic acids is 1. The van der Waals surface area contributed by atoms with Gasteiger partial charge in [-0.15, -0.1) is 0 Å². The van der Waals surface area contributed by atoms with E-state index in [9.17, 15) is 4.79 Å². The molecule has 2 fully saturated rings. The molecule has 1 heterocycles. The number of carboxylic acid groups (broad SMARTS) is 1. The molecule has 0 radical (unpaired) electrons. The molecule has 0 amide bonds. The molecule has 2 aliphatic rings. The number of carbonyl (C=O) groups is 1. The number of fused-ring (bicyclic) bond motifs is 1. The summed E-state index contributed by atoms with van der Waals surface area (Å²) < 4.78 is 0. The summed E-state index contributed by atoms with van der Waals surface area (Å²) in [6, 6.07) is 4.36. The predicted octanol–water partition coefficient (Wildman–Crippen LogP) is 3.38. The molecule has 1 N–H and O–H groups in total. The van der Waals surface area contributed by atoms with Crippen LogP contribution in [0.15, 0.2) is 18.3 Å². The SMILES string of the molecule is Cc1cc(C2C[C@H]3CC(CC(=O)O)C[C@H]3C2)ccn1. The predicted molar refractivity (Wildman–Crippen MR) is 72.9 cm³/mol. The first kappa shape index (κ1) is 12.6. The lowest BCUT2D eigenvalue weighted by Crippen LogP contribution is -2.06. The summed E-state index contributed by atoms with van der Waals surface area (Å²) in [5.74, 6) is 1.96. The van der Waals surface area contributed by atoms with Crippen LogP contribution in [0, 0.1) is 24.7 Å². The van der Waals surface area contributed by atoms with Gasteiger partial charge in [-0.1, -0.05) is 0 Å². The van der Waals surface area contributed by atoms with Gasteiger partial charge in [0.25, 0.3) is 0 Å². The molecule has 0 aromatic carbocycles. The maximum absolute atomic E-state index is 10.8. The lowest BCUT2D eigenvalue weighted by Gasteiger charge is -2.14. The zero-order valence-electron chi connectivity index (χ0n) is 11.4. The maximum atomic E-state index is 10.8. The number of hydrogen-bond acceptors (Lipinski definition) is 2. The molecule has 4 atom stereocenters. The topological polar surface area (TPSA) is 50.2 Å². The second-order valence-corrected chi connectivity index (χ2v) is 6.35. The van der Waals surface area contributed by atoms with E-state index in [-0.39, 0.29) is 0 Å². The third-order valence-electron chi connectivity index (χ3n) is 4.97. The van der Waals surface area contributed by atoms with Crippen molar-refractivity contribution in [3.63, 3.8) is 0 Å². The minimum atomic E-state index is -0.633. The summed E-state index contributed by atoms with van der Waals surface area (Å²) in [4.78, 5) is 15.1. The number of aryl methyl sites for hydroxylation is 1. The molecule has 0 spiro atoms. The highest BCUT2D eigenvalue weighted by atomic mass is 16.4. The molecule has 2 aliphatic carbocycles. The van der Waals surface area contributed by atoms with Crippen LogP contribution in [0.3, 0.4) is 0 Å². The lowest BCUT2D eigenvalue weighted by molar-refractivity contribution is -0.138. The van der Waals surface area contributed by atoms with Crippen molar-refractivity contribution in [2.75, 3.05) is 0 Å². The number of hydrogen-bond donors (Lipinski definition) is 1. The molecular formula is C16H21NO2. The van der Waals surface area contributed by atoms with Crippen molar-refractivity contribution < 1.29 is 9.90 Å². The Labute approximate surface area is 114 Å². The third kappa shape index (κ3) is 2.65. The van der Waals surface area contributed by atoms with Gasteiger partial charge in [-0.05, 0) is 74.0 Å². The van der Waals surface area contributed by atoms with E-state index in [4.69, 9.17) is 5.11 Å². The van der Waals surface area contributed by atoms with Crippen LogP contribution in [-0.4, -0.2) is 16.1 Å². The second-order valence-electron chi connectivity index (χ2n) is 6.35. The smallest absolute Gasteiger partial charge is 0.303 e. The Balaban J connectivity index is 1.63. The number of aliphatic carboxylic acids is 1. The van der Waals surface area contributed by atoms with Crippen LogP contribution in [0.25, 0.3) is 0 Å². The minimum Gasteiger partial charge on any atom is -0.481 e. The van der Waals surface area contributed by atoms with Gasteiger partial charge in [-0.25, -0.2) is 0 Å². The molecule has 2 unspecified atom stereocenters. The summed E-state index contributed by atoms with van der Waals surface area (Å²) in [7, 11) is 0. The minimum absolute atomic E-state index is 0.367. The van der Waals surface area contributed by atoms with Gasteiger partial charge in [0.05, 0.1) is 0 Å². The Kier molecular flexibility index (Phi) is 3.29. The van der Waals surface area contributed by atoms with Gasteiger partial charge in [0, 0.05) is 18.3 Å². The zero-order chi connectivity index (χ0) is 13.4. The largest absolute Gasteiger partial charge is 0.481 e. The summed E-state index contributed by atoms with van der Waals surface area (Å²) in [5.41, 5.74) is 2.52. The van der Waals surface area contributed by atoms with Crippen LogP contribution < -0.4 is 0 Å². The Morgan fingerprint density at radius 1 is 1.32 bits per heavy atom. The van der Waals surface area contributed by atoms with Gasteiger partial charge >= 0.3 is 5.97 Å². The van der Waals surface area contributed by atoms with Crippen molar-refractivity contribution in [3.05, 3.63) is 29.6 Å². The van der Waals surface area contributed by atoms with E-state index in [0.717, 1.165) is 30.4 Å². The monoisotopic (exact) mass is 259 g/mol. The van der Waals surface area contributed by atoms with E-state index >= 15 is 0 Å². The van der Waals surface area contributed by atoms with Crippen LogP contribution >= 0.6 is 0 Å². The van der Waals surface area contributed by atoms with Crippen LogP contribution in [-0.2, 0) is 4.79 Å². The first-order chi connectivity index (χ1) is 9.11. The van der Waals surface area contributed by atoms with Gasteiger partial charge in [0.15, 0.2) is 0 Å². The number of rotatable bonds is 3. The first-order valence-corrected chi connectivity index (χ1v) is 7.26. The highest BCUT2D eigenvalue weighted by Gasteiger charge is 2.42. The first-order valence-electron chi connectivity index (χ1n) is 7.26. The van der Waals surface area contributed by atoms with E-state index < -0.39 is 5.97 Å². The van der Waals surface area contributed by atoms with E-state index in [1.807, 2.05) is 13.1 Å². The van der Waals surface area contributed by atoms with E-state index in [1.165, 1.54) is 18.4 Å². The van der Waals surface area contributed by atoms with Gasteiger partial charge in [0.1, 0.15) is 0 Å². The molecule has 0 bridgehead atoms. The molecule has 1 aromatic heterocycles. The quantitative estimate of drug-likeness (QED) is 0.905. The van der Waals surface area contributed by atoms with Crippen LogP contribution in [0.5, 0.6) is 0 Å².